The van der Waals surface area contributed by atoms with Crippen molar-refractivity contribution in [2.45, 2.75) is 37.4 Å². The zero-order valence-electron chi connectivity index (χ0n) is 17.5. The third-order valence-electron chi connectivity index (χ3n) is 4.72. The Bertz CT molecular complexity index is 1250. The molecule has 0 atom stereocenters. The van der Waals surface area contributed by atoms with Crippen LogP contribution in [0.2, 0.25) is 0 Å². The van der Waals surface area contributed by atoms with Crippen molar-refractivity contribution >= 4 is 21.1 Å². The third kappa shape index (κ3) is 4.36. The second-order valence-corrected chi connectivity index (χ2v) is 10.9. The molecule has 3 rings (SSSR count). The summed E-state index contributed by atoms with van der Waals surface area (Å²) in [6.07, 6.45) is -1.72. The summed E-state index contributed by atoms with van der Waals surface area (Å²) in [6.45, 7) is 4.91. The highest BCUT2D eigenvalue weighted by molar-refractivity contribution is 8.02. The molecular formula is C19H21F3N6O2S. The lowest BCUT2D eigenvalue weighted by Gasteiger charge is -2.23. The van der Waals surface area contributed by atoms with E-state index in [4.69, 9.17) is 4.74 Å². The molecule has 0 aliphatic carbocycles. The number of fused-ring (bicyclic) bond motifs is 1. The van der Waals surface area contributed by atoms with Crippen molar-refractivity contribution in [2.24, 2.45) is 7.05 Å². The van der Waals surface area contributed by atoms with Gasteiger partial charge in [-0.3, -0.25) is 4.21 Å². The second-order valence-electron chi connectivity index (χ2n) is 7.61. The SMILES string of the molecule is CC[SH](C)(=O)c1cc(OC(C)(C)C#N)cnc1-c1nc2cc(C(F)(F)F)nnc2n1C. The molecule has 0 spiro atoms. The number of nitrogens with zero attached hydrogens (tertiary/aromatic N) is 6. The number of rotatable bonds is 5. The van der Waals surface area contributed by atoms with E-state index in [1.165, 1.54) is 16.8 Å². The van der Waals surface area contributed by atoms with E-state index in [0.29, 0.717) is 10.6 Å². The highest BCUT2D eigenvalue weighted by Crippen LogP contribution is 2.34. The van der Waals surface area contributed by atoms with Crippen molar-refractivity contribution < 1.29 is 22.1 Å². The fourth-order valence-electron chi connectivity index (χ4n) is 2.85. The van der Waals surface area contributed by atoms with Crippen LogP contribution in [0.4, 0.5) is 13.2 Å². The normalized spacial score (nSPS) is 13.3. The van der Waals surface area contributed by atoms with E-state index in [1.54, 1.807) is 34.1 Å². The van der Waals surface area contributed by atoms with Crippen molar-refractivity contribution in [3.63, 3.8) is 0 Å². The monoisotopic (exact) mass is 454 g/mol. The second kappa shape index (κ2) is 7.56. The molecule has 0 amide bonds. The number of hydrogen-bond donors (Lipinski definition) is 1. The molecule has 3 aromatic rings. The Labute approximate surface area is 177 Å². The Kier molecular flexibility index (Phi) is 5.52. The number of thiol groups is 1. The van der Waals surface area contributed by atoms with Gasteiger partial charge < -0.3 is 9.30 Å². The first-order valence-corrected chi connectivity index (χ1v) is 11.6. The number of aromatic nitrogens is 5. The van der Waals surface area contributed by atoms with Crippen LogP contribution in [-0.2, 0) is 23.2 Å². The Balaban J connectivity index is 2.22. The standard InChI is InChI=1S/C19H21F3N6O2S/c1-6-31(5,29)13-7-11(30-18(2,3)10-23)9-24-15(13)17-25-12-8-14(19(20,21)22)26-27-16(12)28(17)4/h7-9,31H,6H2,1-5H3. The minimum absolute atomic E-state index is 0.0130. The molecule has 0 fully saturated rings. The molecule has 0 aliphatic rings. The van der Waals surface area contributed by atoms with Crippen LogP contribution in [0.3, 0.4) is 0 Å². The smallest absolute Gasteiger partial charge is 0.435 e. The van der Waals surface area contributed by atoms with Crippen LogP contribution in [0.5, 0.6) is 5.75 Å². The maximum absolute atomic E-state index is 13.3. The van der Waals surface area contributed by atoms with Gasteiger partial charge in [-0.05, 0) is 26.2 Å². The summed E-state index contributed by atoms with van der Waals surface area (Å²) >= 11 is 0. The number of ether oxygens (including phenoxy) is 1. The fraction of sp³-hybridized carbons (Fsp3) is 0.421. The van der Waals surface area contributed by atoms with Gasteiger partial charge in [0.1, 0.15) is 23.0 Å². The van der Waals surface area contributed by atoms with Crippen molar-refractivity contribution in [1.29, 1.82) is 5.26 Å². The first-order chi connectivity index (χ1) is 14.3. The van der Waals surface area contributed by atoms with Crippen molar-refractivity contribution in [1.82, 2.24) is 24.7 Å². The number of halogens is 3. The maximum Gasteiger partial charge on any atom is 0.435 e. The predicted molar refractivity (Wildman–Crippen MR) is 109 cm³/mol. The van der Waals surface area contributed by atoms with E-state index in [-0.39, 0.29) is 28.4 Å². The molecule has 0 N–H and O–H groups in total. The summed E-state index contributed by atoms with van der Waals surface area (Å²) in [4.78, 5) is 8.97. The summed E-state index contributed by atoms with van der Waals surface area (Å²) in [7, 11) is -1.36. The van der Waals surface area contributed by atoms with Crippen LogP contribution < -0.4 is 4.74 Å². The third-order valence-corrected chi connectivity index (χ3v) is 7.28. The number of nitriles is 1. The zero-order valence-corrected chi connectivity index (χ0v) is 18.4. The van der Waals surface area contributed by atoms with Crippen molar-refractivity contribution in [3.8, 4) is 23.3 Å². The van der Waals surface area contributed by atoms with Gasteiger partial charge in [0.2, 0.25) is 0 Å². The van der Waals surface area contributed by atoms with Crippen molar-refractivity contribution in [3.05, 3.63) is 24.0 Å². The molecule has 31 heavy (non-hydrogen) atoms. The number of alkyl halides is 3. The van der Waals surface area contributed by atoms with Gasteiger partial charge in [-0.15, -0.1) is 10.2 Å². The molecule has 166 valence electrons. The van der Waals surface area contributed by atoms with E-state index < -0.39 is 27.4 Å². The fourth-order valence-corrected chi connectivity index (χ4v) is 4.19. The van der Waals surface area contributed by atoms with Crippen LogP contribution in [-0.4, -0.2) is 46.6 Å². The summed E-state index contributed by atoms with van der Waals surface area (Å²) in [5, 5.41) is 16.1. The van der Waals surface area contributed by atoms with Gasteiger partial charge in [0.15, 0.2) is 22.8 Å². The first kappa shape index (κ1) is 22.6. The van der Waals surface area contributed by atoms with Gasteiger partial charge in [0.25, 0.3) is 0 Å². The van der Waals surface area contributed by atoms with Crippen LogP contribution in [0.25, 0.3) is 22.7 Å². The van der Waals surface area contributed by atoms with Gasteiger partial charge in [-0.1, -0.05) is 16.9 Å². The molecule has 0 radical (unpaired) electrons. The van der Waals surface area contributed by atoms with Gasteiger partial charge in [0.05, 0.1) is 6.20 Å². The Morgan fingerprint density at radius 1 is 1.26 bits per heavy atom. The molecule has 0 saturated carbocycles. The molecule has 3 aromatic heterocycles. The highest BCUT2D eigenvalue weighted by Gasteiger charge is 2.34. The van der Waals surface area contributed by atoms with E-state index in [1.807, 2.05) is 6.07 Å². The predicted octanol–water partition coefficient (Wildman–Crippen LogP) is 3.15. The number of imidazole rings is 1. The van der Waals surface area contributed by atoms with Crippen LogP contribution >= 0.6 is 0 Å². The summed E-state index contributed by atoms with van der Waals surface area (Å²) < 4.78 is 59.4. The van der Waals surface area contributed by atoms with Crippen molar-refractivity contribution in [2.75, 3.05) is 12.0 Å². The van der Waals surface area contributed by atoms with E-state index in [9.17, 15) is 22.6 Å². The molecule has 12 heteroatoms. The number of hydrogen-bond acceptors (Lipinski definition) is 7. The molecule has 0 bridgehead atoms. The lowest BCUT2D eigenvalue weighted by Crippen LogP contribution is -2.26. The molecule has 8 nitrogen and oxygen atoms in total. The largest absolute Gasteiger partial charge is 0.471 e. The minimum atomic E-state index is -4.66. The molecule has 0 aliphatic heterocycles. The maximum atomic E-state index is 13.3. The molecule has 0 saturated heterocycles. The Morgan fingerprint density at radius 3 is 2.52 bits per heavy atom. The Morgan fingerprint density at radius 2 is 1.94 bits per heavy atom. The minimum Gasteiger partial charge on any atom is -0.471 e. The topological polar surface area (TPSA) is 107 Å². The first-order valence-electron chi connectivity index (χ1n) is 9.24. The lowest BCUT2D eigenvalue weighted by molar-refractivity contribution is -0.141. The number of aryl methyl sites for hydroxylation is 1. The van der Waals surface area contributed by atoms with E-state index in [2.05, 4.69) is 20.2 Å². The van der Waals surface area contributed by atoms with Gasteiger partial charge in [-0.2, -0.15) is 18.4 Å². The average Bonchev–Trinajstić information content (AvgIpc) is 3.03. The lowest BCUT2D eigenvalue weighted by atomic mass is 10.2. The highest BCUT2D eigenvalue weighted by atomic mass is 32.2. The molecular weight excluding hydrogens is 433 g/mol. The zero-order chi connectivity index (χ0) is 23.2. The molecule has 3 heterocycles. The quantitative estimate of drug-likeness (QED) is 0.590. The average molecular weight is 454 g/mol. The number of pyridine rings is 1. The van der Waals surface area contributed by atoms with Crippen LogP contribution in [0, 0.1) is 11.3 Å². The van der Waals surface area contributed by atoms with Gasteiger partial charge >= 0.3 is 6.18 Å². The molecule has 0 aromatic carbocycles. The van der Waals surface area contributed by atoms with Gasteiger partial charge in [0, 0.05) is 23.8 Å². The summed E-state index contributed by atoms with van der Waals surface area (Å²) in [5.41, 5.74) is -1.93. The van der Waals surface area contributed by atoms with Crippen LogP contribution in [0.1, 0.15) is 26.5 Å². The van der Waals surface area contributed by atoms with Crippen LogP contribution in [0.15, 0.2) is 23.2 Å². The molecule has 0 unspecified atom stereocenters. The summed E-state index contributed by atoms with van der Waals surface area (Å²) in [5.74, 6) is 0.758. The van der Waals surface area contributed by atoms with E-state index in [0.717, 1.165) is 6.07 Å². The Hall–Kier alpha value is -3.07. The van der Waals surface area contributed by atoms with Gasteiger partial charge in [-0.25, -0.2) is 9.97 Å². The summed E-state index contributed by atoms with van der Waals surface area (Å²) in [6, 6.07) is 4.36. The van der Waals surface area contributed by atoms with E-state index >= 15 is 0 Å².